The molecule has 0 bridgehead atoms. The van der Waals surface area contributed by atoms with Crippen LogP contribution in [0.5, 0.6) is 0 Å². The fraction of sp³-hybridized carbons (Fsp3) is 0.900. The van der Waals surface area contributed by atoms with Crippen molar-refractivity contribution in [3.05, 3.63) is 0 Å². The van der Waals surface area contributed by atoms with E-state index in [1.807, 2.05) is 13.8 Å². The number of hydrogen-bond acceptors (Lipinski definition) is 4. The molecule has 0 amide bonds. The number of rotatable bonds is 4. The first-order valence-corrected chi connectivity index (χ1v) is 7.41. The summed E-state index contributed by atoms with van der Waals surface area (Å²) >= 11 is 0. The molecule has 0 aromatic carbocycles. The lowest BCUT2D eigenvalue weighted by Crippen LogP contribution is -2.50. The minimum Gasteiger partial charge on any atom is -0.409 e. The molecule has 1 atom stereocenters. The second-order valence-electron chi connectivity index (χ2n) is 4.84. The van der Waals surface area contributed by atoms with Crippen LogP contribution >= 0.6 is 0 Å². The van der Waals surface area contributed by atoms with Crippen LogP contribution in [-0.4, -0.2) is 54.3 Å². The van der Waals surface area contributed by atoms with Crippen molar-refractivity contribution in [1.82, 2.24) is 8.61 Å². The highest BCUT2D eigenvalue weighted by Gasteiger charge is 2.34. The number of oxime groups is 1. The van der Waals surface area contributed by atoms with Gasteiger partial charge in [-0.05, 0) is 26.7 Å². The molecule has 0 aliphatic carbocycles. The van der Waals surface area contributed by atoms with Crippen molar-refractivity contribution in [2.24, 2.45) is 16.8 Å². The Bertz CT molecular complexity index is 407. The Kier molecular flexibility index (Phi) is 4.94. The summed E-state index contributed by atoms with van der Waals surface area (Å²) in [6.07, 6.45) is 1.46. The summed E-state index contributed by atoms with van der Waals surface area (Å²) in [5, 5.41) is 11.6. The Hall–Kier alpha value is -0.860. The van der Waals surface area contributed by atoms with E-state index in [1.54, 1.807) is 7.05 Å². The van der Waals surface area contributed by atoms with E-state index in [0.717, 1.165) is 6.42 Å². The molecular formula is C10H22N4O3S. The Labute approximate surface area is 108 Å². The van der Waals surface area contributed by atoms with E-state index in [9.17, 15) is 8.42 Å². The molecule has 0 saturated carbocycles. The van der Waals surface area contributed by atoms with Gasteiger partial charge in [-0.2, -0.15) is 17.0 Å². The quantitative estimate of drug-likeness (QED) is 0.328. The third kappa shape index (κ3) is 3.12. The monoisotopic (exact) mass is 278 g/mol. The fourth-order valence-corrected chi connectivity index (χ4v) is 3.55. The summed E-state index contributed by atoms with van der Waals surface area (Å²) in [7, 11) is -1.90. The lowest BCUT2D eigenvalue weighted by atomic mass is 9.99. The molecule has 0 aromatic heterocycles. The molecule has 0 aromatic rings. The molecule has 7 nitrogen and oxygen atoms in total. The minimum absolute atomic E-state index is 0.0979. The standard InChI is InChI=1S/C10H22N4O3S/c1-8(2)13(3)18(16,17)14-6-4-5-9(7-14)10(11)12-15/h8-9,15H,4-7H2,1-3H3,(H2,11,12). The summed E-state index contributed by atoms with van der Waals surface area (Å²) in [5.74, 6) is -0.110. The van der Waals surface area contributed by atoms with E-state index >= 15 is 0 Å². The largest absolute Gasteiger partial charge is 0.409 e. The molecule has 1 unspecified atom stereocenters. The number of nitrogens with two attached hydrogens (primary N) is 1. The Morgan fingerprint density at radius 1 is 1.56 bits per heavy atom. The molecule has 0 spiro atoms. The van der Waals surface area contributed by atoms with Gasteiger partial charge in [0.15, 0.2) is 0 Å². The normalized spacial score (nSPS) is 23.8. The van der Waals surface area contributed by atoms with Crippen LogP contribution in [0.4, 0.5) is 0 Å². The van der Waals surface area contributed by atoms with E-state index in [0.29, 0.717) is 13.0 Å². The van der Waals surface area contributed by atoms with Crippen molar-refractivity contribution in [2.45, 2.75) is 32.7 Å². The van der Waals surface area contributed by atoms with Gasteiger partial charge in [0.1, 0.15) is 5.84 Å². The highest BCUT2D eigenvalue weighted by Crippen LogP contribution is 2.21. The van der Waals surface area contributed by atoms with Crippen LogP contribution in [0.1, 0.15) is 26.7 Å². The van der Waals surface area contributed by atoms with Crippen molar-refractivity contribution in [3.8, 4) is 0 Å². The summed E-state index contributed by atoms with van der Waals surface area (Å²) in [6, 6.07) is -0.0979. The lowest BCUT2D eigenvalue weighted by molar-refractivity contribution is 0.268. The number of piperidine rings is 1. The van der Waals surface area contributed by atoms with Crippen LogP contribution in [0.2, 0.25) is 0 Å². The lowest BCUT2D eigenvalue weighted by Gasteiger charge is -2.35. The van der Waals surface area contributed by atoms with Gasteiger partial charge in [0.25, 0.3) is 10.2 Å². The Morgan fingerprint density at radius 3 is 2.67 bits per heavy atom. The molecule has 1 aliphatic rings. The Balaban J connectivity index is 2.84. The third-order valence-electron chi connectivity index (χ3n) is 3.34. The maximum absolute atomic E-state index is 12.3. The van der Waals surface area contributed by atoms with Gasteiger partial charge in [-0.3, -0.25) is 0 Å². The van der Waals surface area contributed by atoms with Crippen LogP contribution < -0.4 is 5.73 Å². The van der Waals surface area contributed by atoms with Crippen molar-refractivity contribution < 1.29 is 13.6 Å². The first-order chi connectivity index (χ1) is 8.30. The van der Waals surface area contributed by atoms with E-state index in [4.69, 9.17) is 10.9 Å². The maximum Gasteiger partial charge on any atom is 0.281 e. The van der Waals surface area contributed by atoms with Gasteiger partial charge in [0.2, 0.25) is 0 Å². The zero-order valence-electron chi connectivity index (χ0n) is 11.1. The zero-order chi connectivity index (χ0) is 13.9. The molecule has 1 saturated heterocycles. The third-order valence-corrected chi connectivity index (χ3v) is 5.47. The SMILES string of the molecule is CC(C)N(C)S(=O)(=O)N1CCCC(C(N)=NO)C1. The average molecular weight is 278 g/mol. The van der Waals surface area contributed by atoms with Gasteiger partial charge >= 0.3 is 0 Å². The van der Waals surface area contributed by atoms with E-state index in [2.05, 4.69) is 5.16 Å². The number of hydrogen-bond donors (Lipinski definition) is 2. The second-order valence-corrected chi connectivity index (χ2v) is 6.83. The Morgan fingerprint density at radius 2 is 2.17 bits per heavy atom. The number of amidine groups is 1. The molecule has 106 valence electrons. The van der Waals surface area contributed by atoms with Gasteiger partial charge in [0.05, 0.1) is 0 Å². The maximum atomic E-state index is 12.3. The first kappa shape index (κ1) is 15.2. The number of nitrogens with zero attached hydrogens (tertiary/aromatic N) is 3. The minimum atomic E-state index is -3.46. The van der Waals surface area contributed by atoms with Gasteiger partial charge in [-0.25, -0.2) is 0 Å². The molecule has 1 rings (SSSR count). The zero-order valence-corrected chi connectivity index (χ0v) is 11.9. The summed E-state index contributed by atoms with van der Waals surface area (Å²) in [6.45, 7) is 4.40. The average Bonchev–Trinajstić information content (AvgIpc) is 2.36. The smallest absolute Gasteiger partial charge is 0.281 e. The summed E-state index contributed by atoms with van der Waals surface area (Å²) in [5.41, 5.74) is 5.55. The molecule has 1 fully saturated rings. The van der Waals surface area contributed by atoms with Gasteiger partial charge < -0.3 is 10.9 Å². The molecule has 18 heavy (non-hydrogen) atoms. The van der Waals surface area contributed by atoms with E-state index in [1.165, 1.54) is 8.61 Å². The van der Waals surface area contributed by atoms with Crippen LogP contribution in [0.15, 0.2) is 5.16 Å². The second kappa shape index (κ2) is 5.85. The molecule has 1 aliphatic heterocycles. The van der Waals surface area contributed by atoms with Crippen molar-refractivity contribution >= 4 is 16.0 Å². The van der Waals surface area contributed by atoms with Crippen LogP contribution in [0.25, 0.3) is 0 Å². The van der Waals surface area contributed by atoms with Crippen molar-refractivity contribution in [3.63, 3.8) is 0 Å². The molecule has 3 N–H and O–H groups in total. The van der Waals surface area contributed by atoms with Gasteiger partial charge in [-0.15, -0.1) is 0 Å². The van der Waals surface area contributed by atoms with Crippen molar-refractivity contribution in [1.29, 1.82) is 0 Å². The van der Waals surface area contributed by atoms with Crippen LogP contribution in [-0.2, 0) is 10.2 Å². The molecular weight excluding hydrogens is 256 g/mol. The summed E-state index contributed by atoms with van der Waals surface area (Å²) in [4.78, 5) is 0. The highest BCUT2D eigenvalue weighted by atomic mass is 32.2. The van der Waals surface area contributed by atoms with Crippen molar-refractivity contribution in [2.75, 3.05) is 20.1 Å². The van der Waals surface area contributed by atoms with Crippen LogP contribution in [0.3, 0.4) is 0 Å². The predicted molar refractivity (Wildman–Crippen MR) is 69.5 cm³/mol. The summed E-state index contributed by atoms with van der Waals surface area (Å²) < 4.78 is 27.3. The van der Waals surface area contributed by atoms with Gasteiger partial charge in [0, 0.05) is 32.1 Å². The molecule has 0 radical (unpaired) electrons. The first-order valence-electron chi connectivity index (χ1n) is 6.01. The van der Waals surface area contributed by atoms with Crippen LogP contribution in [0, 0.1) is 5.92 Å². The predicted octanol–water partition coefficient (Wildman–Crippen LogP) is 0.0298. The fourth-order valence-electron chi connectivity index (χ4n) is 1.92. The van der Waals surface area contributed by atoms with E-state index < -0.39 is 10.2 Å². The molecule has 8 heteroatoms. The van der Waals surface area contributed by atoms with Gasteiger partial charge in [-0.1, -0.05) is 5.16 Å². The highest BCUT2D eigenvalue weighted by molar-refractivity contribution is 7.86. The topological polar surface area (TPSA) is 99.2 Å². The van der Waals surface area contributed by atoms with E-state index in [-0.39, 0.29) is 24.3 Å². The molecule has 1 heterocycles.